The highest BCUT2D eigenvalue weighted by Gasteiger charge is 2.33. The van der Waals surface area contributed by atoms with Gasteiger partial charge in [-0.25, -0.2) is 8.42 Å². The monoisotopic (exact) mass is 489 g/mol. The molecule has 0 radical (unpaired) electrons. The Hall–Kier alpha value is -2.42. The van der Waals surface area contributed by atoms with Crippen LogP contribution in [-0.2, 0) is 32.5 Å². The van der Waals surface area contributed by atoms with Gasteiger partial charge in [0.2, 0.25) is 21.8 Å². The molecular formula is C24H28ClN3O4S. The lowest BCUT2D eigenvalue weighted by molar-refractivity contribution is -0.126. The van der Waals surface area contributed by atoms with E-state index in [1.807, 2.05) is 24.3 Å². The maximum atomic E-state index is 13.3. The number of hydrogen-bond donors (Lipinski definition) is 2. The summed E-state index contributed by atoms with van der Waals surface area (Å²) in [5, 5.41) is 6.45. The number of carbonyl (C=O) groups excluding carboxylic acids is 2. The van der Waals surface area contributed by atoms with E-state index in [0.29, 0.717) is 62.3 Å². The third kappa shape index (κ3) is 5.75. The van der Waals surface area contributed by atoms with Gasteiger partial charge in [0, 0.05) is 36.8 Å². The molecule has 1 atom stereocenters. The molecule has 2 aliphatic rings. The van der Waals surface area contributed by atoms with Crippen molar-refractivity contribution in [3.05, 3.63) is 58.6 Å². The van der Waals surface area contributed by atoms with Crippen molar-refractivity contribution in [1.82, 2.24) is 9.62 Å². The lowest BCUT2D eigenvalue weighted by Gasteiger charge is -2.31. The van der Waals surface area contributed by atoms with Gasteiger partial charge in [-0.2, -0.15) is 4.31 Å². The lowest BCUT2D eigenvalue weighted by atomic mass is 9.99. The Balaban J connectivity index is 1.38. The summed E-state index contributed by atoms with van der Waals surface area (Å²) in [6, 6.07) is 12.3. The summed E-state index contributed by atoms with van der Waals surface area (Å²) in [7, 11) is -3.73. The standard InChI is InChI=1S/C24H28ClN3O4S/c25-20-8-6-17(7-9-20)12-13-26-24(30)19-4-2-14-28(16-19)33(31,32)21-10-11-22-18(15-21)3-1-5-23(29)27-22/h6-11,15,19H,1-5,12-14,16H2,(H,26,30)(H,27,29)/t19-/m1/s1. The molecule has 0 saturated carbocycles. The Morgan fingerprint density at radius 2 is 1.91 bits per heavy atom. The predicted molar refractivity (Wildman–Crippen MR) is 128 cm³/mol. The number of nitrogens with one attached hydrogen (secondary N) is 2. The van der Waals surface area contributed by atoms with Crippen molar-refractivity contribution < 1.29 is 18.0 Å². The molecule has 2 aromatic carbocycles. The summed E-state index contributed by atoms with van der Waals surface area (Å²) < 4.78 is 28.0. The van der Waals surface area contributed by atoms with Gasteiger partial charge in [0.25, 0.3) is 0 Å². The van der Waals surface area contributed by atoms with E-state index in [2.05, 4.69) is 10.6 Å². The number of hydrogen-bond acceptors (Lipinski definition) is 4. The largest absolute Gasteiger partial charge is 0.355 e. The number of carbonyl (C=O) groups is 2. The molecule has 0 spiro atoms. The number of aryl methyl sites for hydroxylation is 1. The molecule has 33 heavy (non-hydrogen) atoms. The number of rotatable bonds is 6. The van der Waals surface area contributed by atoms with Gasteiger partial charge in [0.05, 0.1) is 10.8 Å². The van der Waals surface area contributed by atoms with Crippen molar-refractivity contribution in [1.29, 1.82) is 0 Å². The zero-order chi connectivity index (χ0) is 23.4. The summed E-state index contributed by atoms with van der Waals surface area (Å²) in [5.74, 6) is -0.544. The second-order valence-electron chi connectivity index (χ2n) is 8.59. The molecule has 2 aromatic rings. The average molecular weight is 490 g/mol. The highest BCUT2D eigenvalue weighted by molar-refractivity contribution is 7.89. The molecule has 0 bridgehead atoms. The summed E-state index contributed by atoms with van der Waals surface area (Å²) in [4.78, 5) is 24.7. The van der Waals surface area contributed by atoms with Crippen molar-refractivity contribution in [3.63, 3.8) is 0 Å². The van der Waals surface area contributed by atoms with Crippen molar-refractivity contribution in [2.45, 2.75) is 43.4 Å². The Kier molecular flexibility index (Phi) is 7.36. The molecule has 0 aliphatic carbocycles. The summed E-state index contributed by atoms with van der Waals surface area (Å²) in [6.45, 7) is 1.05. The van der Waals surface area contributed by atoms with Crippen LogP contribution in [0.15, 0.2) is 47.4 Å². The van der Waals surface area contributed by atoms with E-state index in [9.17, 15) is 18.0 Å². The summed E-state index contributed by atoms with van der Waals surface area (Å²) in [6.07, 6.45) is 3.74. The van der Waals surface area contributed by atoms with E-state index in [4.69, 9.17) is 11.6 Å². The lowest BCUT2D eigenvalue weighted by Crippen LogP contribution is -2.45. The molecule has 9 heteroatoms. The minimum Gasteiger partial charge on any atom is -0.355 e. The van der Waals surface area contributed by atoms with Crippen molar-refractivity contribution >= 4 is 39.1 Å². The maximum absolute atomic E-state index is 13.3. The van der Waals surface area contributed by atoms with Gasteiger partial charge < -0.3 is 10.6 Å². The molecule has 7 nitrogen and oxygen atoms in total. The first kappa shape index (κ1) is 23.7. The van der Waals surface area contributed by atoms with E-state index in [0.717, 1.165) is 11.1 Å². The number of sulfonamides is 1. The van der Waals surface area contributed by atoms with Gasteiger partial charge in [0.15, 0.2) is 0 Å². The number of amides is 2. The zero-order valence-electron chi connectivity index (χ0n) is 18.3. The van der Waals surface area contributed by atoms with Crippen molar-refractivity contribution in [3.8, 4) is 0 Å². The average Bonchev–Trinajstić information content (AvgIpc) is 3.00. The van der Waals surface area contributed by atoms with E-state index in [1.165, 1.54) is 10.4 Å². The SMILES string of the molecule is O=C1CCCc2cc(S(=O)(=O)N3CCC[C@@H](C(=O)NCCc4ccc(Cl)cc4)C3)ccc2N1. The Labute approximate surface area is 199 Å². The van der Waals surface area contributed by atoms with Crippen LogP contribution in [0.2, 0.25) is 5.02 Å². The quantitative estimate of drug-likeness (QED) is 0.650. The van der Waals surface area contributed by atoms with Crippen LogP contribution in [0.5, 0.6) is 0 Å². The summed E-state index contributed by atoms with van der Waals surface area (Å²) >= 11 is 5.90. The van der Waals surface area contributed by atoms with Crippen LogP contribution in [0.4, 0.5) is 5.69 Å². The smallest absolute Gasteiger partial charge is 0.243 e. The van der Waals surface area contributed by atoms with Crippen LogP contribution in [0.3, 0.4) is 0 Å². The molecule has 1 saturated heterocycles. The molecule has 2 aliphatic heterocycles. The number of piperidine rings is 1. The van der Waals surface area contributed by atoms with E-state index in [1.54, 1.807) is 12.1 Å². The molecule has 0 unspecified atom stereocenters. The van der Waals surface area contributed by atoms with E-state index in [-0.39, 0.29) is 29.2 Å². The van der Waals surface area contributed by atoms with Gasteiger partial charge >= 0.3 is 0 Å². The molecule has 2 N–H and O–H groups in total. The molecular weight excluding hydrogens is 462 g/mol. The fourth-order valence-electron chi connectivity index (χ4n) is 4.36. The van der Waals surface area contributed by atoms with Crippen LogP contribution in [0.1, 0.15) is 36.8 Å². The first-order valence-electron chi connectivity index (χ1n) is 11.3. The highest BCUT2D eigenvalue weighted by atomic mass is 35.5. The molecule has 4 rings (SSSR count). The van der Waals surface area contributed by atoms with E-state index >= 15 is 0 Å². The normalized spacial score (nSPS) is 19.3. The molecule has 176 valence electrons. The number of anilines is 1. The molecule has 1 fully saturated rings. The second-order valence-corrected chi connectivity index (χ2v) is 11.0. The van der Waals surface area contributed by atoms with Crippen molar-refractivity contribution in [2.75, 3.05) is 25.0 Å². The predicted octanol–water partition coefficient (Wildman–Crippen LogP) is 3.37. The van der Waals surface area contributed by atoms with Crippen LogP contribution < -0.4 is 10.6 Å². The van der Waals surface area contributed by atoms with Gasteiger partial charge in [0.1, 0.15) is 0 Å². The minimum atomic E-state index is -3.73. The number of nitrogens with zero attached hydrogens (tertiary/aromatic N) is 1. The van der Waals surface area contributed by atoms with Gasteiger partial charge in [-0.3, -0.25) is 9.59 Å². The molecule has 2 heterocycles. The summed E-state index contributed by atoms with van der Waals surface area (Å²) in [5.41, 5.74) is 2.58. The second kappa shape index (κ2) is 10.2. The Morgan fingerprint density at radius 3 is 2.70 bits per heavy atom. The highest BCUT2D eigenvalue weighted by Crippen LogP contribution is 2.29. The fraction of sp³-hybridized carbons (Fsp3) is 0.417. The van der Waals surface area contributed by atoms with Gasteiger partial charge in [-0.05, 0) is 73.6 Å². The van der Waals surface area contributed by atoms with Crippen LogP contribution in [0.25, 0.3) is 0 Å². The van der Waals surface area contributed by atoms with Gasteiger partial charge in [-0.15, -0.1) is 0 Å². The van der Waals surface area contributed by atoms with Crippen LogP contribution in [-0.4, -0.2) is 44.2 Å². The number of fused-ring (bicyclic) bond motifs is 1. The number of benzene rings is 2. The fourth-order valence-corrected chi connectivity index (χ4v) is 6.06. The Bertz CT molecular complexity index is 1130. The first-order chi connectivity index (χ1) is 15.8. The van der Waals surface area contributed by atoms with Crippen LogP contribution >= 0.6 is 11.6 Å². The maximum Gasteiger partial charge on any atom is 0.243 e. The minimum absolute atomic E-state index is 0.0506. The van der Waals surface area contributed by atoms with E-state index < -0.39 is 10.0 Å². The topological polar surface area (TPSA) is 95.6 Å². The zero-order valence-corrected chi connectivity index (χ0v) is 19.9. The third-order valence-corrected chi connectivity index (χ3v) is 8.33. The number of halogens is 1. The third-order valence-electron chi connectivity index (χ3n) is 6.22. The van der Waals surface area contributed by atoms with Crippen molar-refractivity contribution in [2.24, 2.45) is 5.92 Å². The first-order valence-corrected chi connectivity index (χ1v) is 13.1. The Morgan fingerprint density at radius 1 is 1.12 bits per heavy atom. The molecule has 2 amide bonds. The van der Waals surface area contributed by atoms with Gasteiger partial charge in [-0.1, -0.05) is 23.7 Å². The van der Waals surface area contributed by atoms with Crippen LogP contribution in [0, 0.1) is 5.92 Å². The molecule has 0 aromatic heterocycles.